The molecule has 2 aromatic rings. The van der Waals surface area contributed by atoms with E-state index in [2.05, 4.69) is 0 Å². The molecule has 16 atom stereocenters. The number of epoxide rings is 1. The number of carbonyl (C=O) groups is 3. The lowest BCUT2D eigenvalue weighted by atomic mass is 9.85. The molecular weight excluding hydrogens is 764 g/mol. The van der Waals surface area contributed by atoms with E-state index in [1.54, 1.807) is 67.6 Å². The van der Waals surface area contributed by atoms with Gasteiger partial charge >= 0.3 is 17.9 Å². The molecule has 5 N–H and O–H groups in total. The minimum absolute atomic E-state index is 0.526. The Kier molecular flexibility index (Phi) is 12.7. The molecule has 0 aromatic heterocycles. The summed E-state index contributed by atoms with van der Waals surface area (Å²) >= 11 is 0. The standard InChI is InChI=1S/C41H46O17/c1-21-33(54-27(45)15-13-23-9-5-3-6-10-23)35(55-28(46)16-14-24-11-7-4-8-12-24)36(52-22(2)44)40(51-21)56-34-25-17-18-50-38(29(25)41(20-43)37(34)58-41)57-39-32(49)31(48)30(47)26(19-42)53-39/h3-18,21,25-26,29-40,42-43,47-49H,19-20H2,1-2H3/b15-13+,16-14+/t21-,25+,26+,29+,30+,31-,32+,33-,34-,35+,36+,37-,38-,39-,40-,41+/m0/s1. The Morgan fingerprint density at radius 2 is 1.34 bits per heavy atom. The Morgan fingerprint density at radius 1 is 0.724 bits per heavy atom. The molecule has 5 aliphatic rings. The molecule has 0 radical (unpaired) electrons. The van der Waals surface area contributed by atoms with Gasteiger partial charge in [-0.3, -0.25) is 4.79 Å². The molecule has 17 heteroatoms. The van der Waals surface area contributed by atoms with Gasteiger partial charge in [0.2, 0.25) is 6.29 Å². The van der Waals surface area contributed by atoms with Crippen LogP contribution in [0.4, 0.5) is 0 Å². The van der Waals surface area contributed by atoms with Gasteiger partial charge in [-0.05, 0) is 36.3 Å². The Balaban J connectivity index is 1.14. The van der Waals surface area contributed by atoms with Crippen LogP contribution in [-0.2, 0) is 57.0 Å². The average Bonchev–Trinajstić information content (AvgIpc) is 3.90. The average molecular weight is 811 g/mol. The summed E-state index contributed by atoms with van der Waals surface area (Å²) in [6.45, 7) is 1.50. The summed E-state index contributed by atoms with van der Waals surface area (Å²) in [4.78, 5) is 39.3. The molecule has 58 heavy (non-hydrogen) atoms. The molecule has 0 amide bonds. The summed E-state index contributed by atoms with van der Waals surface area (Å²) in [5, 5.41) is 51.6. The van der Waals surface area contributed by atoms with Crippen molar-refractivity contribution in [1.82, 2.24) is 0 Å². The van der Waals surface area contributed by atoms with Crippen LogP contribution in [-0.4, -0.2) is 142 Å². The molecule has 4 heterocycles. The predicted molar refractivity (Wildman–Crippen MR) is 196 cm³/mol. The fourth-order valence-corrected chi connectivity index (χ4v) is 7.96. The van der Waals surface area contributed by atoms with E-state index in [4.69, 9.17) is 42.6 Å². The quantitative estimate of drug-likeness (QED) is 0.0795. The minimum atomic E-state index is -1.74. The fourth-order valence-electron chi connectivity index (χ4n) is 7.96. The zero-order valence-electron chi connectivity index (χ0n) is 31.4. The van der Waals surface area contributed by atoms with Crippen molar-refractivity contribution in [2.45, 2.75) is 99.4 Å². The lowest BCUT2D eigenvalue weighted by molar-refractivity contribution is -0.347. The van der Waals surface area contributed by atoms with E-state index in [0.717, 1.165) is 12.5 Å². The highest BCUT2D eigenvalue weighted by Gasteiger charge is 2.77. The van der Waals surface area contributed by atoms with Crippen molar-refractivity contribution in [3.8, 4) is 0 Å². The Hall–Kier alpha value is -4.53. The van der Waals surface area contributed by atoms with Gasteiger partial charge in [-0.1, -0.05) is 60.7 Å². The SMILES string of the molecule is CC(=O)O[C@H]1[C@H](O[C@H]2[C@@H]3C=CO[C@@H](O[C@@H]4O[C@H](CO)[C@@H](O)[C@H](O)[C@H]4O)[C@@H]3[C@@]3(CO)O[C@@H]23)O[C@@H](C)[C@H](OC(=O)/C=C/c2ccccc2)[C@H]1OC(=O)/C=C/c1ccccc1. The number of hydrogen-bond donors (Lipinski definition) is 5. The van der Waals surface area contributed by atoms with Crippen molar-refractivity contribution in [3.05, 3.63) is 96.3 Å². The Labute approximate surface area is 332 Å². The van der Waals surface area contributed by atoms with E-state index < -0.39 is 128 Å². The lowest BCUT2D eigenvalue weighted by Crippen LogP contribution is -2.62. The first-order chi connectivity index (χ1) is 27.9. The van der Waals surface area contributed by atoms with E-state index in [9.17, 15) is 39.9 Å². The minimum Gasteiger partial charge on any atom is -0.472 e. The third-order valence-corrected chi connectivity index (χ3v) is 10.8. The number of aliphatic hydroxyl groups is 5. The number of rotatable bonds is 13. The molecule has 0 bridgehead atoms. The van der Waals surface area contributed by atoms with Crippen molar-refractivity contribution in [3.63, 3.8) is 0 Å². The first-order valence-electron chi connectivity index (χ1n) is 18.9. The van der Waals surface area contributed by atoms with Gasteiger partial charge in [0.05, 0.1) is 37.6 Å². The van der Waals surface area contributed by atoms with E-state index in [1.165, 1.54) is 24.5 Å². The zero-order valence-corrected chi connectivity index (χ0v) is 31.4. The van der Waals surface area contributed by atoms with Crippen LogP contribution in [0.25, 0.3) is 12.2 Å². The summed E-state index contributed by atoms with van der Waals surface area (Å²) in [6, 6.07) is 18.0. The van der Waals surface area contributed by atoms with Crippen molar-refractivity contribution in [1.29, 1.82) is 0 Å². The molecular formula is C41H46O17. The summed E-state index contributed by atoms with van der Waals surface area (Å²) in [5.41, 5.74) is 0.136. The highest BCUT2D eigenvalue weighted by atomic mass is 16.8. The van der Waals surface area contributed by atoms with Crippen LogP contribution in [0.3, 0.4) is 0 Å². The summed E-state index contributed by atoms with van der Waals surface area (Å²) in [7, 11) is 0. The second-order valence-electron chi connectivity index (χ2n) is 14.6. The van der Waals surface area contributed by atoms with Gasteiger partial charge < -0.3 is 68.2 Å². The van der Waals surface area contributed by atoms with Gasteiger partial charge in [-0.15, -0.1) is 0 Å². The van der Waals surface area contributed by atoms with E-state index >= 15 is 0 Å². The van der Waals surface area contributed by atoms with Crippen LogP contribution in [0.15, 0.2) is 85.2 Å². The number of carbonyl (C=O) groups excluding carboxylic acids is 3. The van der Waals surface area contributed by atoms with Crippen molar-refractivity contribution in [2.75, 3.05) is 13.2 Å². The monoisotopic (exact) mass is 810 g/mol. The van der Waals surface area contributed by atoms with Gasteiger partial charge in [0.1, 0.15) is 36.1 Å². The van der Waals surface area contributed by atoms with Crippen LogP contribution in [0.2, 0.25) is 0 Å². The molecule has 1 aliphatic carbocycles. The second kappa shape index (κ2) is 17.8. The normalized spacial score (nSPS) is 39.1. The summed E-state index contributed by atoms with van der Waals surface area (Å²) < 4.78 is 53.6. The topological polar surface area (TPSA) is 239 Å². The molecule has 17 nitrogen and oxygen atoms in total. The first-order valence-corrected chi connectivity index (χ1v) is 18.9. The molecule has 4 fully saturated rings. The van der Waals surface area contributed by atoms with Gasteiger partial charge in [0.25, 0.3) is 0 Å². The van der Waals surface area contributed by atoms with E-state index in [-0.39, 0.29) is 0 Å². The zero-order chi connectivity index (χ0) is 41.1. The van der Waals surface area contributed by atoms with Gasteiger partial charge in [-0.25, -0.2) is 9.59 Å². The predicted octanol–water partition coefficient (Wildman–Crippen LogP) is 0.361. The van der Waals surface area contributed by atoms with Crippen LogP contribution in [0, 0.1) is 11.8 Å². The van der Waals surface area contributed by atoms with Gasteiger partial charge in [0.15, 0.2) is 30.9 Å². The molecule has 0 unspecified atom stereocenters. The molecule has 7 rings (SSSR count). The fraction of sp³-hybridized carbons (Fsp3) is 0.488. The van der Waals surface area contributed by atoms with Crippen LogP contribution in [0.1, 0.15) is 25.0 Å². The van der Waals surface area contributed by atoms with Gasteiger partial charge in [0, 0.05) is 25.0 Å². The maximum atomic E-state index is 13.4. The molecule has 4 aliphatic heterocycles. The molecule has 0 spiro atoms. The van der Waals surface area contributed by atoms with Gasteiger partial charge in [-0.2, -0.15) is 0 Å². The number of ether oxygens (including phenoxy) is 9. The van der Waals surface area contributed by atoms with E-state index in [1.807, 2.05) is 12.1 Å². The van der Waals surface area contributed by atoms with Crippen molar-refractivity contribution >= 4 is 30.1 Å². The molecule has 1 saturated carbocycles. The number of aliphatic hydroxyl groups excluding tert-OH is 5. The largest absolute Gasteiger partial charge is 0.472 e. The number of esters is 3. The highest BCUT2D eigenvalue weighted by molar-refractivity contribution is 5.88. The van der Waals surface area contributed by atoms with Crippen LogP contribution >= 0.6 is 0 Å². The Morgan fingerprint density at radius 3 is 1.93 bits per heavy atom. The van der Waals surface area contributed by atoms with Crippen molar-refractivity contribution < 1.29 is 82.5 Å². The van der Waals surface area contributed by atoms with Crippen LogP contribution in [0.5, 0.6) is 0 Å². The second-order valence-corrected chi connectivity index (χ2v) is 14.6. The molecule has 3 saturated heterocycles. The molecule has 312 valence electrons. The Bertz CT molecular complexity index is 1840. The smallest absolute Gasteiger partial charge is 0.331 e. The number of hydrogen-bond acceptors (Lipinski definition) is 17. The first kappa shape index (κ1) is 41.6. The third kappa shape index (κ3) is 8.60. The third-order valence-electron chi connectivity index (χ3n) is 10.8. The maximum absolute atomic E-state index is 13.4. The number of fused-ring (bicyclic) bond motifs is 3. The summed E-state index contributed by atoms with van der Waals surface area (Å²) in [5.74, 6) is -3.88. The number of benzene rings is 2. The van der Waals surface area contributed by atoms with Crippen molar-refractivity contribution in [2.24, 2.45) is 11.8 Å². The van der Waals surface area contributed by atoms with Crippen LogP contribution < -0.4 is 0 Å². The highest BCUT2D eigenvalue weighted by Crippen LogP contribution is 2.61. The maximum Gasteiger partial charge on any atom is 0.331 e. The summed E-state index contributed by atoms with van der Waals surface area (Å²) in [6.07, 6.45) is -9.16. The molecule has 2 aromatic carbocycles. The lowest BCUT2D eigenvalue weighted by Gasteiger charge is -2.45. The van der Waals surface area contributed by atoms with E-state index in [0.29, 0.717) is 5.56 Å².